The van der Waals surface area contributed by atoms with E-state index in [9.17, 15) is 12.8 Å². The quantitative estimate of drug-likeness (QED) is 0.880. The minimum Gasteiger partial charge on any atom is -0.326 e. The molecule has 0 bridgehead atoms. The Kier molecular flexibility index (Phi) is 4.98. The number of nitrogens with zero attached hydrogens (tertiary/aromatic N) is 2. The van der Waals surface area contributed by atoms with Crippen LogP contribution in [0.2, 0.25) is 0 Å². The van der Waals surface area contributed by atoms with Gasteiger partial charge < -0.3 is 10.6 Å². The number of halogens is 1. The van der Waals surface area contributed by atoms with Crippen LogP contribution in [0, 0.1) is 5.82 Å². The normalized spacial score (nSPS) is 20.3. The molecule has 2 rings (SSSR count). The van der Waals surface area contributed by atoms with Crippen LogP contribution in [0.25, 0.3) is 0 Å². The van der Waals surface area contributed by atoms with Crippen molar-refractivity contribution in [3.05, 3.63) is 29.6 Å². The molecule has 1 aromatic carbocycles. The minimum atomic E-state index is -3.84. The van der Waals surface area contributed by atoms with Gasteiger partial charge in [0.25, 0.3) is 0 Å². The maximum atomic E-state index is 13.9. The number of likely N-dealkylation sites (N-methyl/N-ethyl adjacent to an activating group) is 2. The molecule has 0 amide bonds. The van der Waals surface area contributed by atoms with E-state index < -0.39 is 15.8 Å². The highest BCUT2D eigenvalue weighted by Crippen LogP contribution is 2.22. The number of rotatable bonds is 5. The van der Waals surface area contributed by atoms with Crippen molar-refractivity contribution in [1.29, 1.82) is 0 Å². The highest BCUT2D eigenvalue weighted by molar-refractivity contribution is 7.89. The Hall–Kier alpha value is -1.02. The predicted octanol–water partition coefficient (Wildman–Crippen LogP) is 0.999. The predicted molar refractivity (Wildman–Crippen MR) is 79.8 cm³/mol. The van der Waals surface area contributed by atoms with Crippen LogP contribution in [0.1, 0.15) is 18.4 Å². The Labute approximate surface area is 125 Å². The standard InChI is InChI=1S/C14H22FN3O2S/c1-17-7-3-4-12(17)10-18(2)21(19,20)14-8-11(9-16)5-6-13(14)15/h5-6,8,12H,3-4,7,9-10,16H2,1-2H3. The second kappa shape index (κ2) is 6.39. The Balaban J connectivity index is 2.24. The van der Waals surface area contributed by atoms with Crippen molar-refractivity contribution >= 4 is 10.0 Å². The summed E-state index contributed by atoms with van der Waals surface area (Å²) in [5, 5.41) is 0. The van der Waals surface area contributed by atoms with E-state index in [1.807, 2.05) is 7.05 Å². The number of hydrogen-bond donors (Lipinski definition) is 1. The molecule has 0 aliphatic carbocycles. The van der Waals surface area contributed by atoms with Crippen LogP contribution < -0.4 is 5.73 Å². The van der Waals surface area contributed by atoms with Gasteiger partial charge in [0.1, 0.15) is 10.7 Å². The fourth-order valence-corrected chi connectivity index (χ4v) is 3.96. The Bertz CT molecular complexity index is 606. The second-order valence-electron chi connectivity index (χ2n) is 5.53. The highest BCUT2D eigenvalue weighted by atomic mass is 32.2. The first-order valence-electron chi connectivity index (χ1n) is 7.01. The molecule has 0 radical (unpaired) electrons. The van der Waals surface area contributed by atoms with Gasteiger partial charge in [-0.3, -0.25) is 0 Å². The van der Waals surface area contributed by atoms with Crippen LogP contribution in [0.5, 0.6) is 0 Å². The van der Waals surface area contributed by atoms with Gasteiger partial charge in [0.15, 0.2) is 0 Å². The molecule has 1 atom stereocenters. The smallest absolute Gasteiger partial charge is 0.245 e. The molecular formula is C14H22FN3O2S. The molecule has 5 nitrogen and oxygen atoms in total. The topological polar surface area (TPSA) is 66.6 Å². The first-order chi connectivity index (χ1) is 9.86. The number of benzene rings is 1. The van der Waals surface area contributed by atoms with Crippen LogP contribution >= 0.6 is 0 Å². The molecule has 2 N–H and O–H groups in total. The highest BCUT2D eigenvalue weighted by Gasteiger charge is 2.29. The zero-order valence-electron chi connectivity index (χ0n) is 12.4. The number of likely N-dealkylation sites (tertiary alicyclic amines) is 1. The van der Waals surface area contributed by atoms with Gasteiger partial charge in [-0.05, 0) is 44.1 Å². The molecule has 21 heavy (non-hydrogen) atoms. The van der Waals surface area contributed by atoms with E-state index in [-0.39, 0.29) is 17.5 Å². The van der Waals surface area contributed by atoms with Gasteiger partial charge in [-0.15, -0.1) is 0 Å². The van der Waals surface area contributed by atoms with E-state index in [0.29, 0.717) is 12.1 Å². The van der Waals surface area contributed by atoms with Crippen LogP contribution in [0.3, 0.4) is 0 Å². The molecule has 0 aromatic heterocycles. The van der Waals surface area contributed by atoms with E-state index >= 15 is 0 Å². The summed E-state index contributed by atoms with van der Waals surface area (Å²) in [6.07, 6.45) is 2.02. The number of sulfonamides is 1. The third kappa shape index (κ3) is 3.42. The summed E-state index contributed by atoms with van der Waals surface area (Å²) < 4.78 is 40.2. The average Bonchev–Trinajstić information content (AvgIpc) is 2.84. The van der Waals surface area contributed by atoms with E-state index in [4.69, 9.17) is 5.73 Å². The van der Waals surface area contributed by atoms with Crippen molar-refractivity contribution in [3.8, 4) is 0 Å². The molecule has 1 aromatic rings. The first-order valence-corrected chi connectivity index (χ1v) is 8.45. The molecule has 1 saturated heterocycles. The van der Waals surface area contributed by atoms with Gasteiger partial charge >= 0.3 is 0 Å². The van der Waals surface area contributed by atoms with E-state index in [2.05, 4.69) is 4.90 Å². The van der Waals surface area contributed by atoms with E-state index in [1.165, 1.54) is 23.5 Å². The SMILES string of the molecule is CN1CCCC1CN(C)S(=O)(=O)c1cc(CN)ccc1F. The van der Waals surface area contributed by atoms with Gasteiger partial charge in [-0.1, -0.05) is 6.07 Å². The van der Waals surface area contributed by atoms with Crippen molar-refractivity contribution in [2.45, 2.75) is 30.3 Å². The second-order valence-corrected chi connectivity index (χ2v) is 7.54. The molecular weight excluding hydrogens is 293 g/mol. The Morgan fingerprint density at radius 1 is 1.48 bits per heavy atom. The summed E-state index contributed by atoms with van der Waals surface area (Å²) in [5.74, 6) is -0.737. The molecule has 1 unspecified atom stereocenters. The Morgan fingerprint density at radius 3 is 2.76 bits per heavy atom. The van der Waals surface area contributed by atoms with Crippen molar-refractivity contribution in [3.63, 3.8) is 0 Å². The summed E-state index contributed by atoms with van der Waals surface area (Å²) in [5.41, 5.74) is 6.10. The van der Waals surface area contributed by atoms with Crippen molar-refractivity contribution in [2.75, 3.05) is 27.2 Å². The average molecular weight is 315 g/mol. The lowest BCUT2D eigenvalue weighted by atomic mass is 10.2. The lowest BCUT2D eigenvalue weighted by Gasteiger charge is -2.25. The van der Waals surface area contributed by atoms with Gasteiger partial charge in [-0.25, -0.2) is 12.8 Å². The molecule has 118 valence electrons. The summed E-state index contributed by atoms with van der Waals surface area (Å²) in [6.45, 7) is 1.51. The molecule has 0 spiro atoms. The van der Waals surface area contributed by atoms with E-state index in [1.54, 1.807) is 0 Å². The summed E-state index contributed by atoms with van der Waals surface area (Å²) in [6, 6.07) is 4.16. The molecule has 1 aliphatic rings. The summed E-state index contributed by atoms with van der Waals surface area (Å²) in [4.78, 5) is 1.84. The van der Waals surface area contributed by atoms with Crippen molar-refractivity contribution < 1.29 is 12.8 Å². The fourth-order valence-electron chi connectivity index (χ4n) is 2.65. The molecule has 1 aliphatic heterocycles. The Morgan fingerprint density at radius 2 is 2.19 bits per heavy atom. The van der Waals surface area contributed by atoms with Crippen LogP contribution in [0.4, 0.5) is 4.39 Å². The van der Waals surface area contributed by atoms with Crippen LogP contribution in [-0.2, 0) is 16.6 Å². The number of hydrogen-bond acceptors (Lipinski definition) is 4. The van der Waals surface area contributed by atoms with E-state index in [0.717, 1.165) is 25.5 Å². The molecule has 7 heteroatoms. The van der Waals surface area contributed by atoms with Crippen molar-refractivity contribution in [1.82, 2.24) is 9.21 Å². The van der Waals surface area contributed by atoms with Gasteiger partial charge in [-0.2, -0.15) is 4.31 Å². The third-order valence-corrected chi connectivity index (χ3v) is 5.90. The summed E-state index contributed by atoms with van der Waals surface area (Å²) >= 11 is 0. The zero-order valence-corrected chi connectivity index (χ0v) is 13.2. The zero-order chi connectivity index (χ0) is 15.6. The third-order valence-electron chi connectivity index (χ3n) is 4.06. The van der Waals surface area contributed by atoms with Gasteiger partial charge in [0.2, 0.25) is 10.0 Å². The summed E-state index contributed by atoms with van der Waals surface area (Å²) in [7, 11) is -0.361. The molecule has 1 heterocycles. The van der Waals surface area contributed by atoms with Gasteiger partial charge in [0, 0.05) is 26.2 Å². The fraction of sp³-hybridized carbons (Fsp3) is 0.571. The maximum Gasteiger partial charge on any atom is 0.245 e. The molecule has 0 saturated carbocycles. The van der Waals surface area contributed by atoms with Crippen LogP contribution in [-0.4, -0.2) is 50.8 Å². The van der Waals surface area contributed by atoms with Gasteiger partial charge in [0.05, 0.1) is 0 Å². The molecule has 1 fully saturated rings. The van der Waals surface area contributed by atoms with Crippen molar-refractivity contribution in [2.24, 2.45) is 5.73 Å². The lowest BCUT2D eigenvalue weighted by molar-refractivity contribution is 0.270. The first kappa shape index (κ1) is 16.4. The van der Waals surface area contributed by atoms with Crippen LogP contribution in [0.15, 0.2) is 23.1 Å². The maximum absolute atomic E-state index is 13.9. The number of nitrogens with two attached hydrogens (primary N) is 1. The lowest BCUT2D eigenvalue weighted by Crippen LogP contribution is -2.39. The largest absolute Gasteiger partial charge is 0.326 e. The minimum absolute atomic E-state index is 0.178. The monoisotopic (exact) mass is 315 g/mol.